The minimum atomic E-state index is 0.111. The highest BCUT2D eigenvalue weighted by molar-refractivity contribution is 5.57. The van der Waals surface area contributed by atoms with E-state index in [1.807, 2.05) is 0 Å². The molecule has 0 aliphatic carbocycles. The van der Waals surface area contributed by atoms with Crippen molar-refractivity contribution >= 4 is 5.69 Å². The van der Waals surface area contributed by atoms with Gasteiger partial charge in [-0.2, -0.15) is 0 Å². The molecule has 0 spiro atoms. The van der Waals surface area contributed by atoms with Crippen molar-refractivity contribution in [1.29, 1.82) is 0 Å². The average molecular weight is 325 g/mol. The topological polar surface area (TPSA) is 21.3 Å². The van der Waals surface area contributed by atoms with Crippen molar-refractivity contribution in [2.24, 2.45) is 0 Å². The summed E-state index contributed by atoms with van der Waals surface area (Å²) in [6, 6.07) is 14.9. The Balaban J connectivity index is 2.04. The summed E-state index contributed by atoms with van der Waals surface area (Å²) in [5.74, 6) is 1.53. The van der Waals surface area contributed by atoms with Gasteiger partial charge in [-0.1, -0.05) is 57.2 Å². The molecule has 0 radical (unpaired) electrons. The molecule has 0 saturated carbocycles. The van der Waals surface area contributed by atoms with Crippen LogP contribution in [0.5, 0.6) is 5.75 Å². The highest BCUT2D eigenvalue weighted by Crippen LogP contribution is 2.29. The number of benzene rings is 2. The van der Waals surface area contributed by atoms with E-state index in [1.165, 1.54) is 22.4 Å². The quantitative estimate of drug-likeness (QED) is 0.647. The Kier molecular flexibility index (Phi) is 6.72. The summed E-state index contributed by atoms with van der Waals surface area (Å²) >= 11 is 0. The third-order valence-corrected chi connectivity index (χ3v) is 4.70. The summed E-state index contributed by atoms with van der Waals surface area (Å²) in [7, 11) is 0. The number of para-hydroxylation sites is 2. The van der Waals surface area contributed by atoms with Gasteiger partial charge in [-0.25, -0.2) is 0 Å². The molecule has 0 fully saturated rings. The molecule has 2 rings (SSSR count). The van der Waals surface area contributed by atoms with Gasteiger partial charge in [-0.3, -0.25) is 0 Å². The van der Waals surface area contributed by atoms with Crippen LogP contribution >= 0.6 is 0 Å². The molecule has 0 aliphatic heterocycles. The molecule has 0 aliphatic rings. The lowest BCUT2D eigenvalue weighted by atomic mass is 9.98. The maximum absolute atomic E-state index is 6.24. The summed E-state index contributed by atoms with van der Waals surface area (Å²) in [4.78, 5) is 0. The number of hydrogen-bond donors (Lipinski definition) is 1. The molecule has 0 bridgehead atoms. The first-order valence-electron chi connectivity index (χ1n) is 9.14. The normalized spacial score (nSPS) is 13.4. The van der Waals surface area contributed by atoms with Gasteiger partial charge in [0.15, 0.2) is 0 Å². The number of anilines is 1. The van der Waals surface area contributed by atoms with E-state index in [4.69, 9.17) is 4.74 Å². The number of rotatable bonds is 8. The van der Waals surface area contributed by atoms with Crippen molar-refractivity contribution in [3.63, 3.8) is 0 Å². The molecule has 2 heteroatoms. The zero-order valence-electron chi connectivity index (χ0n) is 15.7. The molecule has 2 atom stereocenters. The zero-order valence-corrected chi connectivity index (χ0v) is 15.7. The Morgan fingerprint density at radius 2 is 1.75 bits per heavy atom. The first-order chi connectivity index (χ1) is 11.6. The van der Waals surface area contributed by atoms with E-state index in [9.17, 15) is 0 Å². The summed E-state index contributed by atoms with van der Waals surface area (Å²) in [5, 5.41) is 3.59. The number of aryl methyl sites for hydroxylation is 2. The van der Waals surface area contributed by atoms with Gasteiger partial charge in [-0.05, 0) is 55.4 Å². The summed E-state index contributed by atoms with van der Waals surface area (Å²) in [6.45, 7) is 11.8. The largest absolute Gasteiger partial charge is 0.489 e. The maximum atomic E-state index is 6.24. The van der Waals surface area contributed by atoms with E-state index in [0.29, 0.717) is 5.92 Å². The van der Waals surface area contributed by atoms with Gasteiger partial charge in [0, 0.05) is 5.69 Å². The van der Waals surface area contributed by atoms with Crippen LogP contribution in [-0.4, -0.2) is 12.6 Å². The van der Waals surface area contributed by atoms with Crippen LogP contribution in [0.4, 0.5) is 5.69 Å². The predicted octanol–water partition coefficient (Wildman–Crippen LogP) is 5.95. The molecule has 0 aromatic heterocycles. The summed E-state index contributed by atoms with van der Waals surface area (Å²) < 4.78 is 6.24. The first-order valence-corrected chi connectivity index (χ1v) is 9.14. The van der Waals surface area contributed by atoms with E-state index in [0.717, 1.165) is 25.1 Å². The second kappa shape index (κ2) is 8.77. The van der Waals surface area contributed by atoms with Gasteiger partial charge in [-0.15, -0.1) is 0 Å². The van der Waals surface area contributed by atoms with Gasteiger partial charge in [0.05, 0.1) is 6.54 Å². The standard InChI is InChI=1S/C22H31NO/c1-6-16(3)20-13-8-9-14-21(20)24-18(5)15-23-22-17(4)11-10-12-19(22)7-2/h8-14,16,18,23H,6-7,15H2,1-5H3. The van der Waals surface area contributed by atoms with Crippen LogP contribution in [0.15, 0.2) is 42.5 Å². The van der Waals surface area contributed by atoms with Crippen molar-refractivity contribution in [2.75, 3.05) is 11.9 Å². The van der Waals surface area contributed by atoms with E-state index in [2.05, 4.69) is 82.4 Å². The molecular weight excluding hydrogens is 294 g/mol. The van der Waals surface area contributed by atoms with Crippen molar-refractivity contribution in [1.82, 2.24) is 0 Å². The van der Waals surface area contributed by atoms with Gasteiger partial charge >= 0.3 is 0 Å². The zero-order chi connectivity index (χ0) is 17.5. The highest BCUT2D eigenvalue weighted by Gasteiger charge is 2.13. The van der Waals surface area contributed by atoms with Crippen molar-refractivity contribution in [3.8, 4) is 5.75 Å². The minimum Gasteiger partial charge on any atom is -0.489 e. The summed E-state index contributed by atoms with van der Waals surface area (Å²) in [5.41, 5.74) is 5.21. The third-order valence-electron chi connectivity index (χ3n) is 4.70. The van der Waals surface area contributed by atoms with Gasteiger partial charge in [0.2, 0.25) is 0 Å². The van der Waals surface area contributed by atoms with Crippen LogP contribution in [0.3, 0.4) is 0 Å². The SMILES string of the molecule is CCc1cccc(C)c1NCC(C)Oc1ccccc1C(C)CC. The number of ether oxygens (including phenoxy) is 1. The molecule has 1 N–H and O–H groups in total. The van der Waals surface area contributed by atoms with Crippen molar-refractivity contribution < 1.29 is 4.74 Å². The molecule has 130 valence electrons. The lowest BCUT2D eigenvalue weighted by Gasteiger charge is -2.22. The molecular formula is C22H31NO. The van der Waals surface area contributed by atoms with E-state index >= 15 is 0 Å². The van der Waals surface area contributed by atoms with Crippen LogP contribution in [0.25, 0.3) is 0 Å². The van der Waals surface area contributed by atoms with Gasteiger partial charge in [0.1, 0.15) is 11.9 Å². The molecule has 2 nitrogen and oxygen atoms in total. The van der Waals surface area contributed by atoms with Crippen LogP contribution in [0.2, 0.25) is 0 Å². The Labute approximate surface area is 147 Å². The van der Waals surface area contributed by atoms with E-state index in [1.54, 1.807) is 0 Å². The smallest absolute Gasteiger partial charge is 0.123 e. The van der Waals surface area contributed by atoms with Crippen molar-refractivity contribution in [3.05, 3.63) is 59.2 Å². The fourth-order valence-electron chi connectivity index (χ4n) is 3.00. The number of nitrogens with one attached hydrogen (secondary N) is 1. The van der Waals surface area contributed by atoms with E-state index < -0.39 is 0 Å². The Morgan fingerprint density at radius 1 is 1.00 bits per heavy atom. The van der Waals surface area contributed by atoms with Crippen molar-refractivity contribution in [2.45, 2.75) is 59.5 Å². The second-order valence-corrected chi connectivity index (χ2v) is 6.62. The average Bonchev–Trinajstić information content (AvgIpc) is 2.60. The maximum Gasteiger partial charge on any atom is 0.123 e. The molecule has 0 heterocycles. The Hall–Kier alpha value is -1.96. The van der Waals surface area contributed by atoms with Gasteiger partial charge < -0.3 is 10.1 Å². The molecule has 2 aromatic carbocycles. The Bertz CT molecular complexity index is 650. The second-order valence-electron chi connectivity index (χ2n) is 6.62. The lowest BCUT2D eigenvalue weighted by molar-refractivity contribution is 0.231. The van der Waals surface area contributed by atoms with Gasteiger partial charge in [0.25, 0.3) is 0 Å². The third kappa shape index (κ3) is 4.53. The molecule has 0 saturated heterocycles. The highest BCUT2D eigenvalue weighted by atomic mass is 16.5. The molecule has 2 unspecified atom stereocenters. The fraction of sp³-hybridized carbons (Fsp3) is 0.455. The summed E-state index contributed by atoms with van der Waals surface area (Å²) in [6.07, 6.45) is 2.27. The van der Waals surface area contributed by atoms with Crippen LogP contribution < -0.4 is 10.1 Å². The van der Waals surface area contributed by atoms with Crippen LogP contribution in [0, 0.1) is 6.92 Å². The fourth-order valence-corrected chi connectivity index (χ4v) is 3.00. The van der Waals surface area contributed by atoms with Crippen LogP contribution in [0.1, 0.15) is 56.7 Å². The minimum absolute atomic E-state index is 0.111. The van der Waals surface area contributed by atoms with Crippen LogP contribution in [-0.2, 0) is 6.42 Å². The lowest BCUT2D eigenvalue weighted by Crippen LogP contribution is -2.24. The predicted molar refractivity (Wildman–Crippen MR) is 104 cm³/mol. The van der Waals surface area contributed by atoms with E-state index in [-0.39, 0.29) is 6.10 Å². The molecule has 0 amide bonds. The number of hydrogen-bond acceptors (Lipinski definition) is 2. The molecule has 2 aromatic rings. The Morgan fingerprint density at radius 3 is 2.46 bits per heavy atom. The first kappa shape index (κ1) is 18.4. The monoisotopic (exact) mass is 325 g/mol. The molecule has 24 heavy (non-hydrogen) atoms.